The Morgan fingerprint density at radius 1 is 1.00 bits per heavy atom. The third-order valence-corrected chi connectivity index (χ3v) is 3.54. The molecule has 0 spiro atoms. The molecule has 0 fully saturated rings. The zero-order chi connectivity index (χ0) is 17.6. The molecule has 1 amide bonds. The van der Waals surface area contributed by atoms with Gasteiger partial charge in [0.05, 0.1) is 19.1 Å². The first-order valence-corrected chi connectivity index (χ1v) is 7.44. The number of nitrogens with one attached hydrogen (secondary N) is 1. The Bertz CT molecular complexity index is 664. The van der Waals surface area contributed by atoms with Crippen LogP contribution in [0.25, 0.3) is 0 Å². The number of carbonyl (C=O) groups excluding carboxylic acids is 1. The van der Waals surface area contributed by atoms with Gasteiger partial charge in [-0.3, -0.25) is 4.79 Å². The molecular weight excluding hydrogens is 319 g/mol. The SMILES string of the molecule is COc1ccc(CCNC(=O)Cc2ccc(C(F)(F)F)cc2)cc1. The summed E-state index contributed by atoms with van der Waals surface area (Å²) in [5, 5.41) is 2.76. The average Bonchev–Trinajstić information content (AvgIpc) is 2.55. The molecule has 2 rings (SSSR count). The number of carbonyl (C=O) groups is 1. The lowest BCUT2D eigenvalue weighted by Gasteiger charge is -2.08. The van der Waals surface area contributed by atoms with E-state index >= 15 is 0 Å². The first kappa shape index (κ1) is 17.8. The van der Waals surface area contributed by atoms with E-state index in [2.05, 4.69) is 5.32 Å². The fourth-order valence-electron chi connectivity index (χ4n) is 2.20. The molecule has 0 radical (unpaired) electrons. The second-order valence-electron chi connectivity index (χ2n) is 5.32. The van der Waals surface area contributed by atoms with E-state index in [4.69, 9.17) is 4.74 Å². The maximum atomic E-state index is 12.5. The number of halogens is 3. The average molecular weight is 337 g/mol. The number of ether oxygens (including phenoxy) is 1. The second kappa shape index (κ2) is 7.86. The highest BCUT2D eigenvalue weighted by molar-refractivity contribution is 5.78. The highest BCUT2D eigenvalue weighted by Crippen LogP contribution is 2.29. The molecule has 0 unspecified atom stereocenters. The van der Waals surface area contributed by atoms with Crippen LogP contribution in [0.1, 0.15) is 16.7 Å². The number of hydrogen-bond donors (Lipinski definition) is 1. The molecule has 2 aromatic rings. The molecule has 6 heteroatoms. The van der Waals surface area contributed by atoms with Crippen LogP contribution in [0.3, 0.4) is 0 Å². The van der Waals surface area contributed by atoms with Crippen LogP contribution in [0, 0.1) is 0 Å². The molecule has 0 aliphatic rings. The zero-order valence-corrected chi connectivity index (χ0v) is 13.2. The molecule has 0 saturated carbocycles. The van der Waals surface area contributed by atoms with Gasteiger partial charge >= 0.3 is 6.18 Å². The summed E-state index contributed by atoms with van der Waals surface area (Å²) < 4.78 is 42.5. The van der Waals surface area contributed by atoms with Gasteiger partial charge in [0.15, 0.2) is 0 Å². The van der Waals surface area contributed by atoms with Crippen molar-refractivity contribution in [2.24, 2.45) is 0 Å². The number of benzene rings is 2. The molecule has 128 valence electrons. The van der Waals surface area contributed by atoms with Gasteiger partial charge in [-0.15, -0.1) is 0 Å². The van der Waals surface area contributed by atoms with Crippen LogP contribution in [-0.4, -0.2) is 19.6 Å². The highest BCUT2D eigenvalue weighted by Gasteiger charge is 2.29. The van der Waals surface area contributed by atoms with E-state index in [1.165, 1.54) is 12.1 Å². The maximum Gasteiger partial charge on any atom is 0.416 e. The third kappa shape index (κ3) is 5.30. The van der Waals surface area contributed by atoms with Crippen molar-refractivity contribution >= 4 is 5.91 Å². The van der Waals surface area contributed by atoms with E-state index in [-0.39, 0.29) is 12.3 Å². The van der Waals surface area contributed by atoms with Crippen LogP contribution >= 0.6 is 0 Å². The van der Waals surface area contributed by atoms with Crippen molar-refractivity contribution in [3.63, 3.8) is 0 Å². The van der Waals surface area contributed by atoms with E-state index in [0.717, 1.165) is 23.4 Å². The largest absolute Gasteiger partial charge is 0.497 e. The topological polar surface area (TPSA) is 38.3 Å². The molecule has 0 aliphatic heterocycles. The monoisotopic (exact) mass is 337 g/mol. The van der Waals surface area contributed by atoms with Crippen molar-refractivity contribution in [3.8, 4) is 5.75 Å². The lowest BCUT2D eigenvalue weighted by atomic mass is 10.1. The summed E-state index contributed by atoms with van der Waals surface area (Å²) in [6, 6.07) is 12.2. The summed E-state index contributed by atoms with van der Waals surface area (Å²) in [4.78, 5) is 11.8. The fourth-order valence-corrected chi connectivity index (χ4v) is 2.20. The predicted molar refractivity (Wildman–Crippen MR) is 84.9 cm³/mol. The third-order valence-electron chi connectivity index (χ3n) is 3.54. The Balaban J connectivity index is 1.78. The molecule has 0 heterocycles. The Morgan fingerprint density at radius 3 is 2.12 bits per heavy atom. The smallest absolute Gasteiger partial charge is 0.416 e. The van der Waals surface area contributed by atoms with Gasteiger partial charge in [-0.25, -0.2) is 0 Å². The lowest BCUT2D eigenvalue weighted by molar-refractivity contribution is -0.137. The molecule has 0 atom stereocenters. The molecule has 0 aliphatic carbocycles. The maximum absolute atomic E-state index is 12.5. The van der Waals surface area contributed by atoms with Crippen LogP contribution in [0.15, 0.2) is 48.5 Å². The lowest BCUT2D eigenvalue weighted by Crippen LogP contribution is -2.27. The van der Waals surface area contributed by atoms with Crippen molar-refractivity contribution in [2.45, 2.75) is 19.0 Å². The van der Waals surface area contributed by atoms with E-state index in [1.807, 2.05) is 24.3 Å². The quantitative estimate of drug-likeness (QED) is 0.874. The van der Waals surface area contributed by atoms with Gasteiger partial charge < -0.3 is 10.1 Å². The fraction of sp³-hybridized carbons (Fsp3) is 0.278. The van der Waals surface area contributed by atoms with Gasteiger partial charge in [-0.05, 0) is 41.8 Å². The number of rotatable bonds is 6. The van der Waals surface area contributed by atoms with Gasteiger partial charge in [0, 0.05) is 6.54 Å². The second-order valence-corrected chi connectivity index (χ2v) is 5.32. The van der Waals surface area contributed by atoms with Gasteiger partial charge in [0.25, 0.3) is 0 Å². The van der Waals surface area contributed by atoms with Crippen LogP contribution < -0.4 is 10.1 Å². The summed E-state index contributed by atoms with van der Waals surface area (Å²) in [6.45, 7) is 0.464. The van der Waals surface area contributed by atoms with Crippen molar-refractivity contribution in [3.05, 3.63) is 65.2 Å². The van der Waals surface area contributed by atoms with Crippen molar-refractivity contribution in [1.29, 1.82) is 0 Å². The van der Waals surface area contributed by atoms with Gasteiger partial charge in [0.2, 0.25) is 5.91 Å². The summed E-state index contributed by atoms with van der Waals surface area (Å²) in [6.07, 6.45) is -3.64. The molecule has 24 heavy (non-hydrogen) atoms. The summed E-state index contributed by atoms with van der Waals surface area (Å²) in [7, 11) is 1.59. The Hall–Kier alpha value is -2.50. The van der Waals surface area contributed by atoms with Gasteiger partial charge in [-0.1, -0.05) is 24.3 Å². The number of methoxy groups -OCH3 is 1. The van der Waals surface area contributed by atoms with Gasteiger partial charge in [-0.2, -0.15) is 13.2 Å². The standard InChI is InChI=1S/C18H18F3NO2/c1-24-16-8-4-13(5-9-16)10-11-22-17(23)12-14-2-6-15(7-3-14)18(19,20)21/h2-9H,10-12H2,1H3,(H,22,23). The van der Waals surface area contributed by atoms with Crippen molar-refractivity contribution < 1.29 is 22.7 Å². The Kier molecular flexibility index (Phi) is 5.84. The van der Waals surface area contributed by atoms with E-state index in [0.29, 0.717) is 18.5 Å². The Morgan fingerprint density at radius 2 is 1.58 bits per heavy atom. The molecule has 3 nitrogen and oxygen atoms in total. The number of hydrogen-bond acceptors (Lipinski definition) is 2. The zero-order valence-electron chi connectivity index (χ0n) is 13.2. The molecule has 0 bridgehead atoms. The van der Waals surface area contributed by atoms with E-state index in [1.54, 1.807) is 7.11 Å². The van der Waals surface area contributed by atoms with E-state index in [9.17, 15) is 18.0 Å². The van der Waals surface area contributed by atoms with Crippen LogP contribution in [0.2, 0.25) is 0 Å². The van der Waals surface area contributed by atoms with Crippen molar-refractivity contribution in [1.82, 2.24) is 5.32 Å². The predicted octanol–water partition coefficient (Wildman–Crippen LogP) is 3.62. The minimum absolute atomic E-state index is 0.0563. The van der Waals surface area contributed by atoms with Crippen LogP contribution in [0.4, 0.5) is 13.2 Å². The molecule has 0 aromatic heterocycles. The summed E-state index contributed by atoms with van der Waals surface area (Å²) in [5.41, 5.74) is 0.891. The molecule has 2 aromatic carbocycles. The molecule has 0 saturated heterocycles. The minimum atomic E-state index is -4.36. The Labute approximate surface area is 138 Å². The normalized spacial score (nSPS) is 11.2. The van der Waals surface area contributed by atoms with Crippen molar-refractivity contribution in [2.75, 3.05) is 13.7 Å². The van der Waals surface area contributed by atoms with Gasteiger partial charge in [0.1, 0.15) is 5.75 Å². The van der Waals surface area contributed by atoms with E-state index < -0.39 is 11.7 Å². The molecular formula is C18H18F3NO2. The summed E-state index contributed by atoms with van der Waals surface area (Å²) in [5.74, 6) is 0.549. The first-order chi connectivity index (χ1) is 11.4. The summed E-state index contributed by atoms with van der Waals surface area (Å²) >= 11 is 0. The van der Waals surface area contributed by atoms with Crippen LogP contribution in [-0.2, 0) is 23.8 Å². The minimum Gasteiger partial charge on any atom is -0.497 e. The highest BCUT2D eigenvalue weighted by atomic mass is 19.4. The van der Waals surface area contributed by atoms with Crippen LogP contribution in [0.5, 0.6) is 5.75 Å². The first-order valence-electron chi connectivity index (χ1n) is 7.44. The number of alkyl halides is 3. The number of amides is 1. The molecule has 1 N–H and O–H groups in total.